The van der Waals surface area contributed by atoms with Gasteiger partial charge in [-0.25, -0.2) is 9.36 Å². The standard InChI is InChI=1S/C24H17BrClN3O3/c25-16-9-10-21-15(11-16)12-20-23(31)29(19-7-2-1-3-8-19)28(24(20)32-21)14-22(30)27-18-6-4-5-17(26)13-18/h1-11,13H,12,14H2,(H,27,30). The van der Waals surface area contributed by atoms with Crippen molar-refractivity contribution in [3.05, 3.63) is 104 Å². The molecule has 1 N–H and O–H groups in total. The minimum atomic E-state index is -0.306. The van der Waals surface area contributed by atoms with Gasteiger partial charge in [0, 0.05) is 27.2 Å². The Morgan fingerprint density at radius 2 is 1.88 bits per heavy atom. The first-order valence-corrected chi connectivity index (χ1v) is 11.1. The quantitative estimate of drug-likeness (QED) is 0.353. The molecule has 3 aromatic carbocycles. The first-order valence-electron chi connectivity index (χ1n) is 9.91. The van der Waals surface area contributed by atoms with Crippen LogP contribution in [0, 0.1) is 0 Å². The summed E-state index contributed by atoms with van der Waals surface area (Å²) in [5, 5.41) is 3.35. The molecule has 2 heterocycles. The monoisotopic (exact) mass is 509 g/mol. The van der Waals surface area contributed by atoms with Gasteiger partial charge >= 0.3 is 0 Å². The average molecular weight is 511 g/mol. The molecule has 0 atom stereocenters. The van der Waals surface area contributed by atoms with Crippen LogP contribution in [0.1, 0.15) is 11.1 Å². The van der Waals surface area contributed by atoms with Gasteiger partial charge < -0.3 is 10.1 Å². The lowest BCUT2D eigenvalue weighted by molar-refractivity contribution is -0.117. The lowest BCUT2D eigenvalue weighted by Crippen LogP contribution is -2.27. The molecule has 4 aromatic rings. The minimum absolute atomic E-state index is 0.113. The van der Waals surface area contributed by atoms with E-state index in [-0.39, 0.29) is 18.0 Å². The molecule has 160 valence electrons. The number of para-hydroxylation sites is 1. The third-order valence-corrected chi connectivity index (χ3v) is 5.91. The van der Waals surface area contributed by atoms with Gasteiger partial charge in [0.05, 0.1) is 11.3 Å². The number of nitrogens with zero attached hydrogens (tertiary/aromatic N) is 2. The van der Waals surface area contributed by atoms with Crippen LogP contribution in [-0.4, -0.2) is 15.3 Å². The molecule has 0 saturated heterocycles. The number of aromatic nitrogens is 2. The van der Waals surface area contributed by atoms with E-state index in [1.54, 1.807) is 28.9 Å². The summed E-state index contributed by atoms with van der Waals surface area (Å²) in [4.78, 5) is 26.3. The number of hydrogen-bond donors (Lipinski definition) is 1. The molecular weight excluding hydrogens is 494 g/mol. The maximum atomic E-state index is 13.4. The van der Waals surface area contributed by atoms with E-state index in [1.165, 1.54) is 4.68 Å². The summed E-state index contributed by atoms with van der Waals surface area (Å²) < 4.78 is 10.1. The zero-order valence-corrected chi connectivity index (χ0v) is 19.1. The Hall–Kier alpha value is -3.29. The van der Waals surface area contributed by atoms with Crippen LogP contribution in [0.15, 0.2) is 82.1 Å². The third kappa shape index (κ3) is 3.85. The summed E-state index contributed by atoms with van der Waals surface area (Å²) in [7, 11) is 0. The second-order valence-electron chi connectivity index (χ2n) is 7.38. The summed E-state index contributed by atoms with van der Waals surface area (Å²) in [6, 6.07) is 21.8. The lowest BCUT2D eigenvalue weighted by atomic mass is 10.0. The Morgan fingerprint density at radius 1 is 1.06 bits per heavy atom. The Balaban J connectivity index is 1.57. The largest absolute Gasteiger partial charge is 0.439 e. The first kappa shape index (κ1) is 20.6. The number of ether oxygens (including phenoxy) is 1. The van der Waals surface area contributed by atoms with Gasteiger partial charge in [-0.1, -0.05) is 51.8 Å². The van der Waals surface area contributed by atoms with Gasteiger partial charge in [-0.3, -0.25) is 9.59 Å². The topological polar surface area (TPSA) is 65.3 Å². The maximum absolute atomic E-state index is 13.4. The molecule has 1 aliphatic rings. The predicted octanol–water partition coefficient (Wildman–Crippen LogP) is 5.39. The molecule has 32 heavy (non-hydrogen) atoms. The van der Waals surface area contributed by atoms with Gasteiger partial charge in [-0.2, -0.15) is 0 Å². The number of carbonyl (C=O) groups excluding carboxylic acids is 1. The van der Waals surface area contributed by atoms with E-state index in [9.17, 15) is 9.59 Å². The second-order valence-corrected chi connectivity index (χ2v) is 8.74. The van der Waals surface area contributed by atoms with Crippen LogP contribution in [-0.2, 0) is 17.8 Å². The smallest absolute Gasteiger partial charge is 0.278 e. The average Bonchev–Trinajstić information content (AvgIpc) is 3.03. The van der Waals surface area contributed by atoms with E-state index in [1.807, 2.05) is 48.5 Å². The predicted molar refractivity (Wildman–Crippen MR) is 127 cm³/mol. The number of anilines is 1. The van der Waals surface area contributed by atoms with Crippen molar-refractivity contribution in [2.45, 2.75) is 13.0 Å². The van der Waals surface area contributed by atoms with Crippen molar-refractivity contribution in [1.29, 1.82) is 0 Å². The summed E-state index contributed by atoms with van der Waals surface area (Å²) in [6.45, 7) is -0.113. The van der Waals surface area contributed by atoms with Crippen LogP contribution >= 0.6 is 27.5 Å². The van der Waals surface area contributed by atoms with E-state index < -0.39 is 0 Å². The number of nitrogens with one attached hydrogen (secondary N) is 1. The second kappa shape index (κ2) is 8.33. The summed E-state index contributed by atoms with van der Waals surface area (Å²) >= 11 is 9.49. The first-order chi connectivity index (χ1) is 15.5. The van der Waals surface area contributed by atoms with Crippen molar-refractivity contribution < 1.29 is 9.53 Å². The van der Waals surface area contributed by atoms with Crippen LogP contribution in [0.5, 0.6) is 11.6 Å². The summed E-state index contributed by atoms with van der Waals surface area (Å²) in [6.07, 6.45) is 0.415. The van der Waals surface area contributed by atoms with E-state index in [2.05, 4.69) is 21.2 Å². The third-order valence-electron chi connectivity index (χ3n) is 5.18. The van der Waals surface area contributed by atoms with Crippen molar-refractivity contribution in [2.24, 2.45) is 0 Å². The maximum Gasteiger partial charge on any atom is 0.278 e. The Bertz CT molecular complexity index is 1400. The molecule has 0 unspecified atom stereocenters. The fraction of sp³-hybridized carbons (Fsp3) is 0.0833. The number of fused-ring (bicyclic) bond motifs is 2. The molecule has 0 fully saturated rings. The molecule has 1 aliphatic heterocycles. The number of hydrogen-bond acceptors (Lipinski definition) is 3. The SMILES string of the molecule is O=C(Cn1c2c(c(=O)n1-c1ccccc1)Cc1cc(Br)ccc1O2)Nc1cccc(Cl)c1. The number of benzene rings is 3. The lowest BCUT2D eigenvalue weighted by Gasteiger charge is -2.19. The normalized spacial score (nSPS) is 11.9. The van der Waals surface area contributed by atoms with Crippen molar-refractivity contribution >= 4 is 39.1 Å². The van der Waals surface area contributed by atoms with Gasteiger partial charge in [0.25, 0.3) is 5.56 Å². The zero-order valence-electron chi connectivity index (χ0n) is 16.7. The Kier molecular flexibility index (Phi) is 5.36. The van der Waals surface area contributed by atoms with Gasteiger partial charge in [0.2, 0.25) is 11.8 Å². The van der Waals surface area contributed by atoms with Gasteiger partial charge in [-0.15, -0.1) is 0 Å². The molecule has 6 nitrogen and oxygen atoms in total. The molecule has 0 saturated carbocycles. The highest BCUT2D eigenvalue weighted by Gasteiger charge is 2.29. The van der Waals surface area contributed by atoms with E-state index >= 15 is 0 Å². The molecule has 5 rings (SSSR count). The molecule has 0 spiro atoms. The van der Waals surface area contributed by atoms with Crippen LogP contribution in [0.3, 0.4) is 0 Å². The zero-order chi connectivity index (χ0) is 22.2. The summed E-state index contributed by atoms with van der Waals surface area (Å²) in [5.41, 5.74) is 2.43. The van der Waals surface area contributed by atoms with Gasteiger partial charge in [-0.05, 0) is 48.5 Å². The molecule has 0 bridgehead atoms. The molecule has 1 amide bonds. The fourth-order valence-corrected chi connectivity index (χ4v) is 4.39. The molecular formula is C24H17BrClN3O3. The highest BCUT2D eigenvalue weighted by Crippen LogP contribution is 2.37. The minimum Gasteiger partial charge on any atom is -0.439 e. The molecule has 8 heteroatoms. The van der Waals surface area contributed by atoms with Crippen molar-refractivity contribution in [3.8, 4) is 17.3 Å². The van der Waals surface area contributed by atoms with Crippen LogP contribution in [0.25, 0.3) is 5.69 Å². The van der Waals surface area contributed by atoms with Crippen molar-refractivity contribution in [3.63, 3.8) is 0 Å². The van der Waals surface area contributed by atoms with Crippen LogP contribution in [0.4, 0.5) is 5.69 Å². The van der Waals surface area contributed by atoms with Gasteiger partial charge in [0.1, 0.15) is 12.3 Å². The number of rotatable bonds is 4. The van der Waals surface area contributed by atoms with Crippen LogP contribution < -0.4 is 15.6 Å². The van der Waals surface area contributed by atoms with Crippen LogP contribution in [0.2, 0.25) is 5.02 Å². The fourth-order valence-electron chi connectivity index (χ4n) is 3.79. The van der Waals surface area contributed by atoms with Crippen molar-refractivity contribution in [2.75, 3.05) is 5.32 Å². The molecule has 1 aromatic heterocycles. The molecule has 0 radical (unpaired) electrons. The highest BCUT2D eigenvalue weighted by atomic mass is 79.9. The Labute approximate surface area is 197 Å². The van der Waals surface area contributed by atoms with E-state index in [4.69, 9.17) is 16.3 Å². The van der Waals surface area contributed by atoms with E-state index in [0.717, 1.165) is 10.0 Å². The number of carbonyl (C=O) groups is 1. The number of amides is 1. The molecule has 0 aliphatic carbocycles. The Morgan fingerprint density at radius 3 is 2.66 bits per heavy atom. The highest BCUT2D eigenvalue weighted by molar-refractivity contribution is 9.10. The number of halogens is 2. The van der Waals surface area contributed by atoms with E-state index in [0.29, 0.717) is 40.0 Å². The van der Waals surface area contributed by atoms with Gasteiger partial charge in [0.15, 0.2) is 0 Å². The van der Waals surface area contributed by atoms with Crippen molar-refractivity contribution in [1.82, 2.24) is 9.36 Å². The summed E-state index contributed by atoms with van der Waals surface area (Å²) in [5.74, 6) is 0.727.